The van der Waals surface area contributed by atoms with Gasteiger partial charge >= 0.3 is 0 Å². The number of halogens is 1. The van der Waals surface area contributed by atoms with Gasteiger partial charge in [0.1, 0.15) is 5.82 Å². The number of benzene rings is 1. The fourth-order valence-corrected chi connectivity index (χ4v) is 2.93. The van der Waals surface area contributed by atoms with Crippen LogP contribution in [0.4, 0.5) is 5.69 Å². The maximum Gasteiger partial charge on any atom is 0.120 e. The van der Waals surface area contributed by atoms with Gasteiger partial charge < -0.3 is 9.88 Å². The van der Waals surface area contributed by atoms with Gasteiger partial charge in [-0.25, -0.2) is 4.98 Å². The molecule has 1 N–H and O–H groups in total. The Balaban J connectivity index is 1.57. The fraction of sp³-hybridized carbons (Fsp3) is 0.438. The van der Waals surface area contributed by atoms with Crippen LogP contribution in [0, 0.1) is 13.8 Å². The number of H-pyrrole nitrogens is 1. The van der Waals surface area contributed by atoms with Crippen molar-refractivity contribution >= 4 is 17.3 Å². The van der Waals surface area contributed by atoms with E-state index in [9.17, 15) is 0 Å². The van der Waals surface area contributed by atoms with Crippen LogP contribution in [-0.4, -0.2) is 41.0 Å². The predicted octanol–water partition coefficient (Wildman–Crippen LogP) is 3.00. The van der Waals surface area contributed by atoms with Crippen molar-refractivity contribution in [2.24, 2.45) is 0 Å². The molecular formula is C16H21ClN4. The molecule has 0 radical (unpaired) electrons. The average molecular weight is 305 g/mol. The summed E-state index contributed by atoms with van der Waals surface area (Å²) < 4.78 is 0. The average Bonchev–Trinajstić information content (AvgIpc) is 2.78. The van der Waals surface area contributed by atoms with Crippen LogP contribution in [0.15, 0.2) is 24.3 Å². The highest BCUT2D eigenvalue weighted by molar-refractivity contribution is 6.30. The van der Waals surface area contributed by atoms with E-state index in [0.29, 0.717) is 0 Å². The minimum absolute atomic E-state index is 0.802. The second-order valence-electron chi connectivity index (χ2n) is 5.64. The second kappa shape index (κ2) is 6.08. The van der Waals surface area contributed by atoms with Gasteiger partial charge in [-0.3, -0.25) is 4.90 Å². The molecular weight excluding hydrogens is 284 g/mol. The summed E-state index contributed by atoms with van der Waals surface area (Å²) in [4.78, 5) is 12.8. The van der Waals surface area contributed by atoms with E-state index in [1.165, 1.54) is 11.4 Å². The van der Waals surface area contributed by atoms with Crippen molar-refractivity contribution in [2.75, 3.05) is 31.1 Å². The van der Waals surface area contributed by atoms with Gasteiger partial charge in [0.05, 0.1) is 12.2 Å². The quantitative estimate of drug-likeness (QED) is 0.947. The summed E-state index contributed by atoms with van der Waals surface area (Å²) in [5, 5.41) is 0.802. The van der Waals surface area contributed by atoms with Crippen LogP contribution in [0.3, 0.4) is 0 Å². The maximum absolute atomic E-state index is 6.07. The monoisotopic (exact) mass is 304 g/mol. The van der Waals surface area contributed by atoms with Crippen LogP contribution in [0.1, 0.15) is 17.2 Å². The van der Waals surface area contributed by atoms with Crippen LogP contribution in [0.2, 0.25) is 5.02 Å². The Morgan fingerprint density at radius 1 is 1.19 bits per heavy atom. The molecule has 1 aromatic heterocycles. The van der Waals surface area contributed by atoms with Gasteiger partial charge in [0, 0.05) is 42.6 Å². The number of aryl methyl sites for hydroxylation is 2. The van der Waals surface area contributed by atoms with E-state index in [4.69, 9.17) is 11.6 Å². The highest BCUT2D eigenvalue weighted by Crippen LogP contribution is 2.21. The Kier molecular flexibility index (Phi) is 4.17. The fourth-order valence-electron chi connectivity index (χ4n) is 2.74. The normalized spacial score (nSPS) is 16.4. The molecule has 0 aliphatic carbocycles. The largest absolute Gasteiger partial charge is 0.369 e. The zero-order valence-corrected chi connectivity index (χ0v) is 13.3. The van der Waals surface area contributed by atoms with Crippen molar-refractivity contribution in [1.82, 2.24) is 14.9 Å². The molecule has 0 bridgehead atoms. The minimum Gasteiger partial charge on any atom is -0.369 e. The molecule has 0 unspecified atom stereocenters. The van der Waals surface area contributed by atoms with Gasteiger partial charge in [0.2, 0.25) is 0 Å². The third-order valence-electron chi connectivity index (χ3n) is 4.10. The predicted molar refractivity (Wildman–Crippen MR) is 87.0 cm³/mol. The molecule has 0 amide bonds. The first kappa shape index (κ1) is 14.4. The molecule has 1 fully saturated rings. The van der Waals surface area contributed by atoms with Crippen LogP contribution < -0.4 is 4.90 Å². The molecule has 0 atom stereocenters. The van der Waals surface area contributed by atoms with E-state index in [1.54, 1.807) is 0 Å². The number of anilines is 1. The smallest absolute Gasteiger partial charge is 0.120 e. The Labute approximate surface area is 130 Å². The van der Waals surface area contributed by atoms with Gasteiger partial charge in [-0.2, -0.15) is 0 Å². The minimum atomic E-state index is 0.802. The summed E-state index contributed by atoms with van der Waals surface area (Å²) in [6, 6.07) is 8.10. The number of rotatable bonds is 3. The van der Waals surface area contributed by atoms with E-state index in [1.807, 2.05) is 25.1 Å². The van der Waals surface area contributed by atoms with Gasteiger partial charge in [-0.1, -0.05) is 17.7 Å². The molecule has 0 saturated carbocycles. The Morgan fingerprint density at radius 3 is 2.57 bits per heavy atom. The molecule has 21 heavy (non-hydrogen) atoms. The van der Waals surface area contributed by atoms with Crippen molar-refractivity contribution in [1.29, 1.82) is 0 Å². The highest BCUT2D eigenvalue weighted by atomic mass is 35.5. The van der Waals surface area contributed by atoms with Crippen molar-refractivity contribution in [2.45, 2.75) is 20.4 Å². The number of hydrogen-bond donors (Lipinski definition) is 1. The summed E-state index contributed by atoms with van der Waals surface area (Å²) in [6.07, 6.45) is 0. The molecule has 4 nitrogen and oxygen atoms in total. The van der Waals surface area contributed by atoms with E-state index in [-0.39, 0.29) is 0 Å². The Hall–Kier alpha value is -1.52. The molecule has 1 saturated heterocycles. The number of piperazine rings is 1. The maximum atomic E-state index is 6.07. The molecule has 2 heterocycles. The van der Waals surface area contributed by atoms with Crippen molar-refractivity contribution in [3.05, 3.63) is 46.5 Å². The van der Waals surface area contributed by atoms with Gasteiger partial charge in [0.15, 0.2) is 0 Å². The van der Waals surface area contributed by atoms with E-state index >= 15 is 0 Å². The first-order chi connectivity index (χ1) is 10.1. The SMILES string of the molecule is Cc1nc(CN2CCN(c3cccc(Cl)c3)CC2)[nH]c1C. The van der Waals surface area contributed by atoms with E-state index in [0.717, 1.165) is 49.3 Å². The number of nitrogens with zero attached hydrogens (tertiary/aromatic N) is 3. The third-order valence-corrected chi connectivity index (χ3v) is 4.33. The highest BCUT2D eigenvalue weighted by Gasteiger charge is 2.18. The summed E-state index contributed by atoms with van der Waals surface area (Å²) in [6.45, 7) is 9.17. The lowest BCUT2D eigenvalue weighted by molar-refractivity contribution is 0.244. The summed E-state index contributed by atoms with van der Waals surface area (Å²) in [7, 11) is 0. The van der Waals surface area contributed by atoms with Gasteiger partial charge in [-0.05, 0) is 32.0 Å². The summed E-state index contributed by atoms with van der Waals surface area (Å²) in [5.41, 5.74) is 3.48. The molecule has 2 aromatic rings. The number of nitrogens with one attached hydrogen (secondary N) is 1. The van der Waals surface area contributed by atoms with Crippen LogP contribution in [0.5, 0.6) is 0 Å². The van der Waals surface area contributed by atoms with Crippen molar-refractivity contribution in [3.8, 4) is 0 Å². The van der Waals surface area contributed by atoms with Crippen LogP contribution in [0.25, 0.3) is 0 Å². The van der Waals surface area contributed by atoms with Crippen molar-refractivity contribution < 1.29 is 0 Å². The lowest BCUT2D eigenvalue weighted by atomic mass is 10.2. The van der Waals surface area contributed by atoms with Gasteiger partial charge in [-0.15, -0.1) is 0 Å². The Morgan fingerprint density at radius 2 is 1.95 bits per heavy atom. The molecule has 1 aromatic carbocycles. The molecule has 112 valence electrons. The van der Waals surface area contributed by atoms with E-state index in [2.05, 4.69) is 32.8 Å². The number of hydrogen-bond acceptors (Lipinski definition) is 3. The lowest BCUT2D eigenvalue weighted by Gasteiger charge is -2.35. The number of aromatic nitrogens is 2. The third kappa shape index (κ3) is 3.39. The zero-order valence-electron chi connectivity index (χ0n) is 12.6. The standard InChI is InChI=1S/C16H21ClN4/c1-12-13(2)19-16(18-12)11-20-6-8-21(9-7-20)15-5-3-4-14(17)10-15/h3-5,10H,6-9,11H2,1-2H3,(H,18,19). The van der Waals surface area contributed by atoms with Crippen LogP contribution in [-0.2, 0) is 6.54 Å². The molecule has 0 spiro atoms. The molecule has 1 aliphatic heterocycles. The first-order valence-corrected chi connectivity index (χ1v) is 7.74. The van der Waals surface area contributed by atoms with Gasteiger partial charge in [0.25, 0.3) is 0 Å². The molecule has 3 rings (SSSR count). The number of imidazole rings is 1. The first-order valence-electron chi connectivity index (χ1n) is 7.37. The lowest BCUT2D eigenvalue weighted by Crippen LogP contribution is -2.46. The topological polar surface area (TPSA) is 35.2 Å². The van der Waals surface area contributed by atoms with Crippen molar-refractivity contribution in [3.63, 3.8) is 0 Å². The second-order valence-corrected chi connectivity index (χ2v) is 6.07. The summed E-state index contributed by atoms with van der Waals surface area (Å²) >= 11 is 6.07. The molecule has 5 heteroatoms. The molecule has 1 aliphatic rings. The van der Waals surface area contributed by atoms with Crippen LogP contribution >= 0.6 is 11.6 Å². The Bertz CT molecular complexity index is 595. The number of aromatic amines is 1. The zero-order chi connectivity index (χ0) is 14.8. The van der Waals surface area contributed by atoms with E-state index < -0.39 is 0 Å². The summed E-state index contributed by atoms with van der Waals surface area (Å²) in [5.74, 6) is 1.07.